The molecule has 0 aliphatic heterocycles. The molecule has 106 valence electrons. The van der Waals surface area contributed by atoms with Crippen molar-refractivity contribution in [2.24, 2.45) is 0 Å². The third kappa shape index (κ3) is 3.24. The van der Waals surface area contributed by atoms with Crippen LogP contribution in [0.5, 0.6) is 11.5 Å². The Bertz CT molecular complexity index is 570. The molecule has 0 aliphatic carbocycles. The van der Waals surface area contributed by atoms with E-state index < -0.39 is 17.7 Å². The highest BCUT2D eigenvalue weighted by Crippen LogP contribution is 2.22. The minimum Gasteiger partial charge on any atom is -0.497 e. The number of halogens is 2. The highest BCUT2D eigenvalue weighted by atomic mass is 19.2. The van der Waals surface area contributed by atoms with Gasteiger partial charge < -0.3 is 14.6 Å². The first-order valence-electron chi connectivity index (χ1n) is 6.00. The number of rotatable bonds is 5. The van der Waals surface area contributed by atoms with E-state index in [9.17, 15) is 13.9 Å². The molecule has 0 saturated heterocycles. The third-order valence-electron chi connectivity index (χ3n) is 2.81. The van der Waals surface area contributed by atoms with Crippen molar-refractivity contribution in [1.82, 2.24) is 0 Å². The molecule has 1 unspecified atom stereocenters. The fraction of sp³-hybridized carbons (Fsp3) is 0.200. The molecule has 0 aliphatic rings. The van der Waals surface area contributed by atoms with Gasteiger partial charge in [-0.05, 0) is 29.8 Å². The summed E-state index contributed by atoms with van der Waals surface area (Å²) in [5.74, 6) is -1.61. The second kappa shape index (κ2) is 6.34. The molecule has 20 heavy (non-hydrogen) atoms. The molecule has 1 N–H and O–H groups in total. The van der Waals surface area contributed by atoms with E-state index in [0.717, 1.165) is 6.07 Å². The van der Waals surface area contributed by atoms with Crippen LogP contribution in [0.4, 0.5) is 8.78 Å². The fourth-order valence-corrected chi connectivity index (χ4v) is 1.69. The van der Waals surface area contributed by atoms with E-state index >= 15 is 0 Å². The van der Waals surface area contributed by atoms with Crippen molar-refractivity contribution in [3.63, 3.8) is 0 Å². The van der Waals surface area contributed by atoms with Crippen LogP contribution in [0.15, 0.2) is 42.5 Å². The lowest BCUT2D eigenvalue weighted by Gasteiger charge is -2.13. The van der Waals surface area contributed by atoms with Crippen molar-refractivity contribution in [3.8, 4) is 11.5 Å². The maximum atomic E-state index is 13.4. The molecule has 0 amide bonds. The predicted molar refractivity (Wildman–Crippen MR) is 69.8 cm³/mol. The quantitative estimate of drug-likeness (QED) is 0.914. The van der Waals surface area contributed by atoms with E-state index in [0.29, 0.717) is 11.3 Å². The molecule has 2 aromatic carbocycles. The van der Waals surface area contributed by atoms with Crippen LogP contribution in [0.25, 0.3) is 0 Å². The fourth-order valence-electron chi connectivity index (χ4n) is 1.69. The number of benzene rings is 2. The molecule has 5 heteroatoms. The Balaban J connectivity index is 2.00. The summed E-state index contributed by atoms with van der Waals surface area (Å²) in [6, 6.07) is 10.4. The summed E-state index contributed by atoms with van der Waals surface area (Å²) in [7, 11) is 1.54. The van der Waals surface area contributed by atoms with Gasteiger partial charge in [0.1, 0.15) is 18.5 Å². The van der Waals surface area contributed by atoms with Gasteiger partial charge in [0.25, 0.3) is 0 Å². The molecule has 0 heterocycles. The van der Waals surface area contributed by atoms with Gasteiger partial charge in [-0.1, -0.05) is 18.2 Å². The Hall–Kier alpha value is -2.14. The minimum atomic E-state index is -1.06. The third-order valence-corrected chi connectivity index (χ3v) is 2.81. The molecule has 0 saturated carbocycles. The van der Waals surface area contributed by atoms with Crippen LogP contribution >= 0.6 is 0 Å². The maximum Gasteiger partial charge on any atom is 0.200 e. The Morgan fingerprint density at radius 2 is 1.80 bits per heavy atom. The summed E-state index contributed by atoms with van der Waals surface area (Å²) in [5.41, 5.74) is 0.600. The average Bonchev–Trinajstić information content (AvgIpc) is 2.48. The van der Waals surface area contributed by atoms with Crippen molar-refractivity contribution < 1.29 is 23.4 Å². The maximum absolute atomic E-state index is 13.4. The molecular weight excluding hydrogens is 266 g/mol. The van der Waals surface area contributed by atoms with E-state index in [2.05, 4.69) is 0 Å². The Labute approximate surface area is 115 Å². The molecule has 0 fully saturated rings. The van der Waals surface area contributed by atoms with Crippen molar-refractivity contribution in [2.45, 2.75) is 6.10 Å². The van der Waals surface area contributed by atoms with E-state index in [1.165, 1.54) is 12.1 Å². The number of aliphatic hydroxyl groups excluding tert-OH is 1. The van der Waals surface area contributed by atoms with Gasteiger partial charge in [-0.15, -0.1) is 0 Å². The number of hydrogen-bond acceptors (Lipinski definition) is 3. The first-order chi connectivity index (χ1) is 9.61. The standard InChI is InChI=1S/C15H14F2O3/c1-19-11-7-5-10(6-8-11)13(18)9-20-14-4-2-3-12(16)15(14)17/h2-8,13,18H,9H2,1H3. The second-order valence-electron chi connectivity index (χ2n) is 4.15. The van der Waals surface area contributed by atoms with Gasteiger partial charge in [-0.2, -0.15) is 4.39 Å². The number of methoxy groups -OCH3 is 1. The molecular formula is C15H14F2O3. The molecule has 2 rings (SSSR count). The minimum absolute atomic E-state index is 0.174. The summed E-state index contributed by atoms with van der Waals surface area (Å²) in [6.45, 7) is -0.174. The molecule has 0 bridgehead atoms. The van der Waals surface area contributed by atoms with Gasteiger partial charge in [-0.25, -0.2) is 4.39 Å². The molecule has 0 aromatic heterocycles. The predicted octanol–water partition coefficient (Wildman–Crippen LogP) is 3.09. The summed E-state index contributed by atoms with van der Waals surface area (Å²) in [5, 5.41) is 9.92. The molecule has 2 aromatic rings. The molecule has 1 atom stereocenters. The van der Waals surface area contributed by atoms with Crippen molar-refractivity contribution in [2.75, 3.05) is 13.7 Å². The van der Waals surface area contributed by atoms with Crippen molar-refractivity contribution in [1.29, 1.82) is 0 Å². The first kappa shape index (κ1) is 14.3. The van der Waals surface area contributed by atoms with E-state index in [4.69, 9.17) is 9.47 Å². The van der Waals surface area contributed by atoms with Gasteiger partial charge in [0, 0.05) is 0 Å². The summed E-state index contributed by atoms with van der Waals surface area (Å²) < 4.78 is 36.4. The summed E-state index contributed by atoms with van der Waals surface area (Å²) in [6.07, 6.45) is -0.941. The largest absolute Gasteiger partial charge is 0.497 e. The van der Waals surface area contributed by atoms with Gasteiger partial charge in [-0.3, -0.25) is 0 Å². The van der Waals surface area contributed by atoms with Gasteiger partial charge in [0.15, 0.2) is 11.6 Å². The van der Waals surface area contributed by atoms with Crippen LogP contribution < -0.4 is 9.47 Å². The molecule has 0 spiro atoms. The molecule has 0 radical (unpaired) electrons. The number of ether oxygens (including phenoxy) is 2. The number of hydrogen-bond donors (Lipinski definition) is 1. The van der Waals surface area contributed by atoms with E-state index in [1.54, 1.807) is 31.4 Å². The summed E-state index contributed by atoms with van der Waals surface area (Å²) in [4.78, 5) is 0. The first-order valence-corrected chi connectivity index (χ1v) is 6.00. The summed E-state index contributed by atoms with van der Waals surface area (Å²) >= 11 is 0. The lowest BCUT2D eigenvalue weighted by atomic mass is 10.1. The van der Waals surface area contributed by atoms with Gasteiger partial charge >= 0.3 is 0 Å². The van der Waals surface area contributed by atoms with Crippen LogP contribution in [0, 0.1) is 11.6 Å². The van der Waals surface area contributed by atoms with Crippen LogP contribution in [-0.2, 0) is 0 Å². The lowest BCUT2D eigenvalue weighted by Crippen LogP contribution is -2.10. The molecule has 3 nitrogen and oxygen atoms in total. The Morgan fingerprint density at radius 3 is 2.45 bits per heavy atom. The lowest BCUT2D eigenvalue weighted by molar-refractivity contribution is 0.105. The smallest absolute Gasteiger partial charge is 0.200 e. The van der Waals surface area contributed by atoms with Gasteiger partial charge in [0.2, 0.25) is 5.82 Å². The second-order valence-corrected chi connectivity index (χ2v) is 4.15. The normalized spacial score (nSPS) is 12.0. The van der Waals surface area contributed by atoms with E-state index in [1.807, 2.05) is 0 Å². The topological polar surface area (TPSA) is 38.7 Å². The Kier molecular flexibility index (Phi) is 4.53. The zero-order chi connectivity index (χ0) is 14.5. The van der Waals surface area contributed by atoms with Crippen LogP contribution in [0.2, 0.25) is 0 Å². The highest BCUT2D eigenvalue weighted by Gasteiger charge is 2.12. The SMILES string of the molecule is COc1ccc(C(O)COc2cccc(F)c2F)cc1. The average molecular weight is 280 g/mol. The van der Waals surface area contributed by atoms with Gasteiger partial charge in [0.05, 0.1) is 7.11 Å². The highest BCUT2D eigenvalue weighted by molar-refractivity contribution is 5.29. The van der Waals surface area contributed by atoms with Crippen LogP contribution in [-0.4, -0.2) is 18.8 Å². The van der Waals surface area contributed by atoms with Crippen molar-refractivity contribution >= 4 is 0 Å². The zero-order valence-electron chi connectivity index (χ0n) is 10.8. The van der Waals surface area contributed by atoms with Crippen LogP contribution in [0.1, 0.15) is 11.7 Å². The van der Waals surface area contributed by atoms with Crippen LogP contribution in [0.3, 0.4) is 0 Å². The van der Waals surface area contributed by atoms with Crippen molar-refractivity contribution in [3.05, 3.63) is 59.7 Å². The monoisotopic (exact) mass is 280 g/mol. The Morgan fingerprint density at radius 1 is 1.10 bits per heavy atom. The van der Waals surface area contributed by atoms with E-state index in [-0.39, 0.29) is 12.4 Å². The zero-order valence-corrected chi connectivity index (χ0v) is 10.8. The number of aliphatic hydroxyl groups is 1.